The number of benzene rings is 2. The minimum atomic E-state index is -3.95. The molecule has 130 valence electrons. The van der Waals surface area contributed by atoms with E-state index in [2.05, 4.69) is 37.0 Å². The van der Waals surface area contributed by atoms with Gasteiger partial charge in [0, 0.05) is 21.3 Å². The predicted octanol–water partition coefficient (Wildman–Crippen LogP) is 4.74. The van der Waals surface area contributed by atoms with Gasteiger partial charge in [-0.3, -0.25) is 0 Å². The lowest BCUT2D eigenvalue weighted by atomic mass is 10.2. The summed E-state index contributed by atoms with van der Waals surface area (Å²) in [5.74, 6) is 0. The molecule has 26 heavy (non-hydrogen) atoms. The molecule has 2 aromatic carbocycles. The maximum atomic E-state index is 12.8. The van der Waals surface area contributed by atoms with Gasteiger partial charge in [0.1, 0.15) is 11.0 Å². The van der Waals surface area contributed by atoms with Gasteiger partial charge in [0.05, 0.1) is 10.6 Å². The zero-order valence-corrected chi connectivity index (χ0v) is 17.2. The molecule has 1 aromatic heterocycles. The van der Waals surface area contributed by atoms with Gasteiger partial charge in [-0.2, -0.15) is 10.4 Å². The molecule has 0 radical (unpaired) electrons. The van der Waals surface area contributed by atoms with Gasteiger partial charge in [-0.1, -0.05) is 28.1 Å². The van der Waals surface area contributed by atoms with Crippen molar-refractivity contribution in [3.05, 3.63) is 80.3 Å². The Morgan fingerprint density at radius 1 is 1.15 bits per heavy atom. The summed E-state index contributed by atoms with van der Waals surface area (Å²) in [5.41, 5.74) is 1.44. The molecule has 3 rings (SSSR count). The lowest BCUT2D eigenvalue weighted by Gasteiger charge is -2.07. The number of nitriles is 1. The van der Waals surface area contributed by atoms with Crippen molar-refractivity contribution in [3.8, 4) is 11.8 Å². The maximum absolute atomic E-state index is 12.8. The lowest BCUT2D eigenvalue weighted by molar-refractivity contribution is 0.603. The van der Waals surface area contributed by atoms with Gasteiger partial charge in [0.15, 0.2) is 0 Å². The summed E-state index contributed by atoms with van der Waals surface area (Å²) < 4.78 is 28.4. The van der Waals surface area contributed by atoms with Crippen LogP contribution in [0.3, 0.4) is 0 Å². The smallest absolute Gasteiger partial charge is 0.217 e. The summed E-state index contributed by atoms with van der Waals surface area (Å²) in [6.45, 7) is 0. The Morgan fingerprint density at radius 3 is 2.50 bits per heavy atom. The number of allylic oxidation sites excluding steroid dienone is 1. The van der Waals surface area contributed by atoms with Crippen LogP contribution in [0.2, 0.25) is 0 Å². The van der Waals surface area contributed by atoms with Crippen molar-refractivity contribution in [2.75, 3.05) is 0 Å². The number of aromatic nitrogens is 2. The fourth-order valence-electron chi connectivity index (χ4n) is 2.27. The van der Waals surface area contributed by atoms with Crippen molar-refractivity contribution >= 4 is 47.8 Å². The van der Waals surface area contributed by atoms with Gasteiger partial charge in [0.2, 0.25) is 9.84 Å². The Bertz CT molecular complexity index is 1110. The Labute approximate surface area is 167 Å². The molecule has 0 amide bonds. The van der Waals surface area contributed by atoms with Crippen LogP contribution in [0.4, 0.5) is 0 Å². The van der Waals surface area contributed by atoms with Crippen LogP contribution < -0.4 is 0 Å². The van der Waals surface area contributed by atoms with Crippen molar-refractivity contribution < 1.29 is 8.42 Å². The molecule has 3 aromatic rings. The normalized spacial score (nSPS) is 12.0. The van der Waals surface area contributed by atoms with Gasteiger partial charge in [0.25, 0.3) is 0 Å². The molecule has 0 atom stereocenters. The van der Waals surface area contributed by atoms with Crippen LogP contribution in [0.15, 0.2) is 79.7 Å². The quantitative estimate of drug-likeness (QED) is 0.493. The molecule has 0 aliphatic heterocycles. The maximum Gasteiger partial charge on any atom is 0.217 e. The molecule has 0 unspecified atom stereocenters. The minimum absolute atomic E-state index is 0.0350. The SMILES string of the molecule is N#CC(=Cc1ccc(-n2cccn2)cc1)S(=O)(=O)c1cc(Br)ccc1Br. The molecule has 0 bridgehead atoms. The summed E-state index contributed by atoms with van der Waals surface area (Å²) in [6.07, 6.45) is 4.83. The van der Waals surface area contributed by atoms with Gasteiger partial charge in [-0.25, -0.2) is 13.1 Å². The average Bonchev–Trinajstić information content (AvgIpc) is 3.16. The standard InChI is InChI=1S/C18H11Br2N3O2S/c19-14-4-7-17(20)18(11-14)26(24,25)16(12-21)10-13-2-5-15(6-3-13)23-9-1-8-22-23/h1-11H. The summed E-state index contributed by atoms with van der Waals surface area (Å²) in [6, 6.07) is 15.5. The van der Waals surface area contributed by atoms with Crippen LogP contribution in [0, 0.1) is 11.3 Å². The number of hydrogen-bond acceptors (Lipinski definition) is 4. The van der Waals surface area contributed by atoms with Crippen LogP contribution in [0.5, 0.6) is 0 Å². The highest BCUT2D eigenvalue weighted by Gasteiger charge is 2.23. The van der Waals surface area contributed by atoms with E-state index in [1.807, 2.05) is 6.07 Å². The topological polar surface area (TPSA) is 75.8 Å². The van der Waals surface area contributed by atoms with Gasteiger partial charge in [-0.15, -0.1) is 0 Å². The highest BCUT2D eigenvalue weighted by Crippen LogP contribution is 2.30. The van der Waals surface area contributed by atoms with Crippen LogP contribution in [-0.2, 0) is 9.84 Å². The molecule has 1 heterocycles. The molecule has 0 N–H and O–H groups in total. The third-order valence-electron chi connectivity index (χ3n) is 3.54. The fraction of sp³-hybridized carbons (Fsp3) is 0. The number of sulfone groups is 1. The summed E-state index contributed by atoms with van der Waals surface area (Å²) in [5, 5.41) is 13.5. The Morgan fingerprint density at radius 2 is 1.88 bits per heavy atom. The number of rotatable bonds is 4. The molecular weight excluding hydrogens is 482 g/mol. The summed E-state index contributed by atoms with van der Waals surface area (Å²) in [7, 11) is -3.95. The van der Waals surface area contributed by atoms with E-state index in [1.165, 1.54) is 12.1 Å². The first-order valence-corrected chi connectivity index (χ1v) is 10.4. The van der Waals surface area contributed by atoms with Gasteiger partial charge >= 0.3 is 0 Å². The minimum Gasteiger partial charge on any atom is -0.241 e. The zero-order valence-electron chi connectivity index (χ0n) is 13.2. The van der Waals surface area contributed by atoms with E-state index in [4.69, 9.17) is 0 Å². The monoisotopic (exact) mass is 491 g/mol. The molecule has 5 nitrogen and oxygen atoms in total. The van der Waals surface area contributed by atoms with E-state index >= 15 is 0 Å². The van der Waals surface area contributed by atoms with E-state index in [-0.39, 0.29) is 9.80 Å². The Kier molecular flexibility index (Phi) is 5.41. The Hall–Kier alpha value is -2.21. The number of halogens is 2. The second kappa shape index (κ2) is 7.58. The molecule has 0 aliphatic rings. The van der Waals surface area contributed by atoms with Crippen molar-refractivity contribution in [2.45, 2.75) is 4.90 Å². The van der Waals surface area contributed by atoms with Gasteiger partial charge < -0.3 is 0 Å². The van der Waals surface area contributed by atoms with Crippen LogP contribution >= 0.6 is 31.9 Å². The highest BCUT2D eigenvalue weighted by molar-refractivity contribution is 9.11. The largest absolute Gasteiger partial charge is 0.241 e. The first-order valence-electron chi connectivity index (χ1n) is 7.34. The second-order valence-electron chi connectivity index (χ2n) is 5.24. The highest BCUT2D eigenvalue weighted by atomic mass is 79.9. The van der Waals surface area contributed by atoms with Crippen molar-refractivity contribution in [1.82, 2.24) is 9.78 Å². The number of hydrogen-bond donors (Lipinski definition) is 0. The van der Waals surface area contributed by atoms with E-state index in [9.17, 15) is 13.7 Å². The first kappa shape index (κ1) is 18.6. The zero-order chi connectivity index (χ0) is 18.7. The van der Waals surface area contributed by atoms with E-state index in [0.717, 1.165) is 5.69 Å². The third-order valence-corrected chi connectivity index (χ3v) is 6.69. The lowest BCUT2D eigenvalue weighted by Crippen LogP contribution is -2.04. The van der Waals surface area contributed by atoms with Crippen LogP contribution in [-0.4, -0.2) is 18.2 Å². The second-order valence-corrected chi connectivity index (χ2v) is 8.90. The molecular formula is C18H11Br2N3O2S. The average molecular weight is 493 g/mol. The molecule has 0 saturated heterocycles. The Balaban J connectivity index is 2.00. The molecule has 0 aliphatic carbocycles. The molecule has 0 fully saturated rings. The molecule has 8 heteroatoms. The summed E-state index contributed by atoms with van der Waals surface area (Å²) in [4.78, 5) is -0.295. The van der Waals surface area contributed by atoms with Crippen molar-refractivity contribution in [3.63, 3.8) is 0 Å². The summed E-state index contributed by atoms with van der Waals surface area (Å²) >= 11 is 6.49. The van der Waals surface area contributed by atoms with Crippen LogP contribution in [0.25, 0.3) is 11.8 Å². The van der Waals surface area contributed by atoms with Gasteiger partial charge in [-0.05, 0) is 64.0 Å². The molecule has 0 saturated carbocycles. The van der Waals surface area contributed by atoms with Crippen molar-refractivity contribution in [1.29, 1.82) is 5.26 Å². The first-order chi connectivity index (χ1) is 12.4. The van der Waals surface area contributed by atoms with E-state index < -0.39 is 9.84 Å². The van der Waals surface area contributed by atoms with E-state index in [1.54, 1.807) is 59.5 Å². The fourth-order valence-corrected chi connectivity index (χ4v) is 4.92. The van der Waals surface area contributed by atoms with E-state index in [0.29, 0.717) is 14.5 Å². The molecule has 0 spiro atoms. The van der Waals surface area contributed by atoms with Crippen LogP contribution in [0.1, 0.15) is 5.56 Å². The van der Waals surface area contributed by atoms with Crippen molar-refractivity contribution in [2.24, 2.45) is 0 Å². The third kappa shape index (κ3) is 3.80. The number of nitrogens with zero attached hydrogens (tertiary/aromatic N) is 3. The predicted molar refractivity (Wildman–Crippen MR) is 106 cm³/mol.